The molecule has 5 nitrogen and oxygen atoms in total. The molecule has 3 rings (SSSR count). The summed E-state index contributed by atoms with van der Waals surface area (Å²) in [4.78, 5) is 26.6. The van der Waals surface area contributed by atoms with Gasteiger partial charge in [-0.15, -0.1) is 0 Å². The number of carbonyl (C=O) groups excluding carboxylic acids is 2. The fourth-order valence-electron chi connectivity index (χ4n) is 3.34. The van der Waals surface area contributed by atoms with E-state index >= 15 is 0 Å². The summed E-state index contributed by atoms with van der Waals surface area (Å²) in [5.41, 5.74) is 1.65. The molecule has 1 aliphatic heterocycles. The van der Waals surface area contributed by atoms with Gasteiger partial charge in [0.05, 0.1) is 0 Å². The number of hydrogen-bond acceptors (Lipinski definition) is 3. The van der Waals surface area contributed by atoms with Gasteiger partial charge in [-0.05, 0) is 49.1 Å². The molecule has 0 bridgehead atoms. The first-order chi connectivity index (χ1) is 13.6. The topological polar surface area (TPSA) is 58.6 Å². The normalized spacial score (nSPS) is 14.6. The molecule has 28 heavy (non-hydrogen) atoms. The van der Waals surface area contributed by atoms with E-state index in [-0.39, 0.29) is 24.5 Å². The fraction of sp³-hybridized carbons (Fsp3) is 0.364. The molecule has 0 aliphatic carbocycles. The molecule has 1 N–H and O–H groups in total. The van der Waals surface area contributed by atoms with Crippen molar-refractivity contribution in [2.45, 2.75) is 32.2 Å². The number of aryl methyl sites for hydroxylation is 1. The Bertz CT molecular complexity index is 832. The minimum absolute atomic E-state index is 0.0227. The number of ether oxygens (including phenoxy) is 1. The molecule has 1 heterocycles. The SMILES string of the molecule is CCc1ccccc1OCC(=O)N1CCC(NC(=O)c2cccc(Cl)c2)CC1. The van der Waals surface area contributed by atoms with Gasteiger partial charge < -0.3 is 15.0 Å². The quantitative estimate of drug-likeness (QED) is 0.804. The van der Waals surface area contributed by atoms with Crippen molar-refractivity contribution in [3.05, 3.63) is 64.7 Å². The van der Waals surface area contributed by atoms with Crippen molar-refractivity contribution >= 4 is 23.4 Å². The molecule has 0 spiro atoms. The maximum Gasteiger partial charge on any atom is 0.260 e. The van der Waals surface area contributed by atoms with Crippen LogP contribution >= 0.6 is 11.6 Å². The first-order valence-electron chi connectivity index (χ1n) is 9.61. The number of halogens is 1. The molecule has 2 aromatic rings. The van der Waals surface area contributed by atoms with Crippen LogP contribution < -0.4 is 10.1 Å². The van der Waals surface area contributed by atoms with Gasteiger partial charge in [-0.3, -0.25) is 9.59 Å². The second-order valence-electron chi connectivity index (χ2n) is 6.89. The van der Waals surface area contributed by atoms with Gasteiger partial charge in [0.1, 0.15) is 5.75 Å². The van der Waals surface area contributed by atoms with Crippen LogP contribution in [0.2, 0.25) is 5.02 Å². The Morgan fingerprint density at radius 3 is 2.61 bits per heavy atom. The smallest absolute Gasteiger partial charge is 0.260 e. The van der Waals surface area contributed by atoms with Crippen LogP contribution in [0, 0.1) is 0 Å². The third-order valence-electron chi connectivity index (χ3n) is 4.97. The number of para-hydroxylation sites is 1. The van der Waals surface area contributed by atoms with Crippen LogP contribution in [0.3, 0.4) is 0 Å². The van der Waals surface area contributed by atoms with Gasteiger partial charge in [0.2, 0.25) is 0 Å². The van der Waals surface area contributed by atoms with Crippen molar-refractivity contribution in [3.63, 3.8) is 0 Å². The lowest BCUT2D eigenvalue weighted by Crippen LogP contribution is -2.47. The Labute approximate surface area is 170 Å². The molecular weight excluding hydrogens is 376 g/mol. The molecular formula is C22H25ClN2O3. The van der Waals surface area contributed by atoms with Crippen molar-refractivity contribution in [1.82, 2.24) is 10.2 Å². The van der Waals surface area contributed by atoms with E-state index in [1.807, 2.05) is 24.3 Å². The number of amides is 2. The zero-order valence-corrected chi connectivity index (χ0v) is 16.7. The van der Waals surface area contributed by atoms with Crippen LogP contribution in [-0.2, 0) is 11.2 Å². The minimum Gasteiger partial charge on any atom is -0.483 e. The summed E-state index contributed by atoms with van der Waals surface area (Å²) < 4.78 is 5.73. The van der Waals surface area contributed by atoms with Crippen molar-refractivity contribution in [3.8, 4) is 5.75 Å². The summed E-state index contributed by atoms with van der Waals surface area (Å²) in [7, 11) is 0. The lowest BCUT2D eigenvalue weighted by Gasteiger charge is -2.32. The summed E-state index contributed by atoms with van der Waals surface area (Å²) in [5, 5.41) is 3.57. The zero-order valence-electron chi connectivity index (χ0n) is 16.0. The van der Waals surface area contributed by atoms with E-state index in [0.29, 0.717) is 23.7 Å². The van der Waals surface area contributed by atoms with E-state index in [2.05, 4.69) is 12.2 Å². The summed E-state index contributed by atoms with van der Waals surface area (Å²) >= 11 is 5.94. The first kappa shape index (κ1) is 20.2. The summed E-state index contributed by atoms with van der Waals surface area (Å²) in [5.74, 6) is 0.610. The molecule has 0 radical (unpaired) electrons. The van der Waals surface area contributed by atoms with Crippen molar-refractivity contribution < 1.29 is 14.3 Å². The van der Waals surface area contributed by atoms with Gasteiger partial charge in [0, 0.05) is 29.7 Å². The average Bonchev–Trinajstić information content (AvgIpc) is 2.72. The summed E-state index contributed by atoms with van der Waals surface area (Å²) in [6, 6.07) is 14.7. The van der Waals surface area contributed by atoms with Gasteiger partial charge >= 0.3 is 0 Å². The molecule has 2 amide bonds. The van der Waals surface area contributed by atoms with E-state index in [1.54, 1.807) is 29.2 Å². The highest BCUT2D eigenvalue weighted by atomic mass is 35.5. The van der Waals surface area contributed by atoms with Gasteiger partial charge in [-0.1, -0.05) is 42.8 Å². The second kappa shape index (κ2) is 9.60. The molecule has 0 unspecified atom stereocenters. The number of benzene rings is 2. The molecule has 6 heteroatoms. The number of carbonyl (C=O) groups is 2. The lowest BCUT2D eigenvalue weighted by atomic mass is 10.0. The predicted molar refractivity (Wildman–Crippen MR) is 110 cm³/mol. The Balaban J connectivity index is 1.45. The number of piperidine rings is 1. The Morgan fingerprint density at radius 1 is 1.14 bits per heavy atom. The van der Waals surface area contributed by atoms with Crippen LogP contribution in [0.25, 0.3) is 0 Å². The first-order valence-corrected chi connectivity index (χ1v) is 9.99. The number of rotatable bonds is 6. The van der Waals surface area contributed by atoms with Crippen LogP contribution in [0.4, 0.5) is 0 Å². The van der Waals surface area contributed by atoms with Crippen molar-refractivity contribution in [2.75, 3.05) is 19.7 Å². The van der Waals surface area contributed by atoms with Gasteiger partial charge in [0.25, 0.3) is 11.8 Å². The second-order valence-corrected chi connectivity index (χ2v) is 7.33. The highest BCUT2D eigenvalue weighted by molar-refractivity contribution is 6.30. The summed E-state index contributed by atoms with van der Waals surface area (Å²) in [6.07, 6.45) is 2.31. The van der Waals surface area contributed by atoms with Crippen LogP contribution in [0.15, 0.2) is 48.5 Å². The van der Waals surface area contributed by atoms with E-state index < -0.39 is 0 Å². The zero-order chi connectivity index (χ0) is 19.9. The Morgan fingerprint density at radius 2 is 1.89 bits per heavy atom. The predicted octanol–water partition coefficient (Wildman–Crippen LogP) is 3.70. The summed E-state index contributed by atoms with van der Waals surface area (Å²) in [6.45, 7) is 3.32. The van der Waals surface area contributed by atoms with E-state index in [1.165, 1.54) is 0 Å². The van der Waals surface area contributed by atoms with Crippen LogP contribution in [-0.4, -0.2) is 42.5 Å². The van der Waals surface area contributed by atoms with E-state index in [9.17, 15) is 9.59 Å². The Kier molecular flexibility index (Phi) is 6.93. The van der Waals surface area contributed by atoms with E-state index in [0.717, 1.165) is 30.6 Å². The third kappa shape index (κ3) is 5.26. The third-order valence-corrected chi connectivity index (χ3v) is 5.21. The molecule has 0 saturated carbocycles. The number of hydrogen-bond donors (Lipinski definition) is 1. The number of likely N-dealkylation sites (tertiary alicyclic amines) is 1. The van der Waals surface area contributed by atoms with Gasteiger partial charge in [0.15, 0.2) is 6.61 Å². The van der Waals surface area contributed by atoms with E-state index in [4.69, 9.17) is 16.3 Å². The number of nitrogens with one attached hydrogen (secondary N) is 1. The highest BCUT2D eigenvalue weighted by Gasteiger charge is 2.24. The molecule has 148 valence electrons. The molecule has 1 saturated heterocycles. The molecule has 1 aliphatic rings. The van der Waals surface area contributed by atoms with Crippen molar-refractivity contribution in [1.29, 1.82) is 0 Å². The maximum absolute atomic E-state index is 12.5. The Hall–Kier alpha value is -2.53. The molecule has 0 atom stereocenters. The van der Waals surface area contributed by atoms with Crippen molar-refractivity contribution in [2.24, 2.45) is 0 Å². The average molecular weight is 401 g/mol. The van der Waals surface area contributed by atoms with Gasteiger partial charge in [-0.2, -0.15) is 0 Å². The molecule has 2 aromatic carbocycles. The maximum atomic E-state index is 12.5. The molecule has 0 aromatic heterocycles. The largest absolute Gasteiger partial charge is 0.483 e. The lowest BCUT2D eigenvalue weighted by molar-refractivity contribution is -0.134. The fourth-order valence-corrected chi connectivity index (χ4v) is 3.53. The minimum atomic E-state index is -0.133. The highest BCUT2D eigenvalue weighted by Crippen LogP contribution is 2.19. The molecule has 1 fully saturated rings. The van der Waals surface area contributed by atoms with Crippen LogP contribution in [0.1, 0.15) is 35.7 Å². The van der Waals surface area contributed by atoms with Crippen LogP contribution in [0.5, 0.6) is 5.75 Å². The number of nitrogens with zero attached hydrogens (tertiary/aromatic N) is 1. The standard InChI is InChI=1S/C22H25ClN2O3/c1-2-16-6-3-4-9-20(16)28-15-21(26)25-12-10-19(11-13-25)24-22(27)17-7-5-8-18(23)14-17/h3-9,14,19H,2,10-13,15H2,1H3,(H,24,27). The monoisotopic (exact) mass is 400 g/mol. The van der Waals surface area contributed by atoms with Gasteiger partial charge in [-0.25, -0.2) is 0 Å².